The number of nitrogens with one attached hydrogen (secondary N) is 1. The van der Waals surface area contributed by atoms with Crippen molar-refractivity contribution in [2.24, 2.45) is 0 Å². The first-order chi connectivity index (χ1) is 10.9. The maximum absolute atomic E-state index is 12.2. The van der Waals surface area contributed by atoms with Gasteiger partial charge in [0.05, 0.1) is 11.7 Å². The molecule has 1 atom stereocenters. The number of hydrogen-bond acceptors (Lipinski definition) is 4. The number of benzene rings is 1. The van der Waals surface area contributed by atoms with Crippen LogP contribution < -0.4 is 5.32 Å². The highest BCUT2D eigenvalue weighted by molar-refractivity contribution is 5.82. The lowest BCUT2D eigenvalue weighted by Crippen LogP contribution is -2.55. The fourth-order valence-corrected chi connectivity index (χ4v) is 2.68. The van der Waals surface area contributed by atoms with Crippen LogP contribution >= 0.6 is 0 Å². The van der Waals surface area contributed by atoms with E-state index < -0.39 is 6.09 Å². The van der Waals surface area contributed by atoms with Crippen LogP contribution in [-0.2, 0) is 20.9 Å². The zero-order valence-electron chi connectivity index (χ0n) is 13.9. The van der Waals surface area contributed by atoms with Crippen molar-refractivity contribution in [1.82, 2.24) is 10.2 Å². The summed E-state index contributed by atoms with van der Waals surface area (Å²) in [5.74, 6) is -0.134. The van der Waals surface area contributed by atoms with E-state index in [1.165, 1.54) is 0 Å². The van der Waals surface area contributed by atoms with Gasteiger partial charge in [-0.2, -0.15) is 0 Å². The van der Waals surface area contributed by atoms with Crippen LogP contribution in [0.4, 0.5) is 4.79 Å². The minimum Gasteiger partial charge on any atom is -0.445 e. The molecule has 6 nitrogen and oxygen atoms in total. The lowest BCUT2D eigenvalue weighted by atomic mass is 10.1. The fourth-order valence-electron chi connectivity index (χ4n) is 2.68. The summed E-state index contributed by atoms with van der Waals surface area (Å²) in [4.78, 5) is 25.6. The van der Waals surface area contributed by atoms with Gasteiger partial charge >= 0.3 is 6.09 Å². The van der Waals surface area contributed by atoms with Gasteiger partial charge in [0, 0.05) is 13.1 Å². The second kappa shape index (κ2) is 7.46. The van der Waals surface area contributed by atoms with E-state index in [-0.39, 0.29) is 30.8 Å². The summed E-state index contributed by atoms with van der Waals surface area (Å²) in [5.41, 5.74) is 0.527. The van der Waals surface area contributed by atoms with Gasteiger partial charge in [0.1, 0.15) is 13.2 Å². The van der Waals surface area contributed by atoms with Crippen molar-refractivity contribution in [1.29, 1.82) is 0 Å². The van der Waals surface area contributed by atoms with Crippen LogP contribution in [0.5, 0.6) is 0 Å². The predicted octanol–water partition coefficient (Wildman–Crippen LogP) is 1.94. The van der Waals surface area contributed by atoms with Gasteiger partial charge in [-0.1, -0.05) is 30.3 Å². The first-order valence-corrected chi connectivity index (χ1v) is 7.76. The third kappa shape index (κ3) is 5.56. The van der Waals surface area contributed by atoms with Crippen LogP contribution in [0.1, 0.15) is 26.3 Å². The first-order valence-electron chi connectivity index (χ1n) is 7.76. The first kappa shape index (κ1) is 17.3. The van der Waals surface area contributed by atoms with Crippen LogP contribution in [0.25, 0.3) is 0 Å². The van der Waals surface area contributed by atoms with Crippen molar-refractivity contribution in [2.75, 3.05) is 19.6 Å². The normalized spacial score (nSPS) is 20.0. The zero-order valence-corrected chi connectivity index (χ0v) is 13.9. The Labute approximate surface area is 136 Å². The van der Waals surface area contributed by atoms with Gasteiger partial charge in [0.25, 0.3) is 0 Å². The molecule has 0 aromatic heterocycles. The molecule has 1 saturated heterocycles. The molecule has 1 aliphatic rings. The van der Waals surface area contributed by atoms with Crippen molar-refractivity contribution < 1.29 is 19.1 Å². The Morgan fingerprint density at radius 1 is 1.35 bits per heavy atom. The number of carbonyl (C=O) groups is 2. The molecule has 0 aliphatic carbocycles. The molecule has 2 amide bonds. The predicted molar refractivity (Wildman–Crippen MR) is 85.8 cm³/mol. The summed E-state index contributed by atoms with van der Waals surface area (Å²) in [6.45, 7) is 6.98. The van der Waals surface area contributed by atoms with E-state index in [1.807, 2.05) is 51.1 Å². The quantitative estimate of drug-likeness (QED) is 0.920. The standard InChI is InChI=1S/C17H24N2O4/c1-13-10-19(12-17(2,3)23-13)15(20)9-18-16(21)22-11-14-7-5-4-6-8-14/h4-8,13H,9-12H2,1-3H3,(H,18,21). The Bertz CT molecular complexity index is 545. The Morgan fingerprint density at radius 3 is 2.70 bits per heavy atom. The molecule has 1 aromatic rings. The van der Waals surface area contributed by atoms with Crippen molar-refractivity contribution in [3.05, 3.63) is 35.9 Å². The van der Waals surface area contributed by atoms with Crippen LogP contribution in [0.3, 0.4) is 0 Å². The molecular formula is C17H24N2O4. The molecule has 0 spiro atoms. The van der Waals surface area contributed by atoms with Gasteiger partial charge in [-0.15, -0.1) is 0 Å². The second-order valence-electron chi connectivity index (χ2n) is 6.38. The van der Waals surface area contributed by atoms with Crippen molar-refractivity contribution in [3.8, 4) is 0 Å². The molecule has 126 valence electrons. The monoisotopic (exact) mass is 320 g/mol. The molecule has 0 bridgehead atoms. The average molecular weight is 320 g/mol. The van der Waals surface area contributed by atoms with E-state index in [0.29, 0.717) is 13.1 Å². The number of nitrogens with zero attached hydrogens (tertiary/aromatic N) is 1. The van der Waals surface area contributed by atoms with Gasteiger partial charge in [-0.3, -0.25) is 4.79 Å². The maximum Gasteiger partial charge on any atom is 0.407 e. The van der Waals surface area contributed by atoms with Crippen molar-refractivity contribution >= 4 is 12.0 Å². The zero-order chi connectivity index (χ0) is 16.9. The molecule has 23 heavy (non-hydrogen) atoms. The van der Waals surface area contributed by atoms with Crippen LogP contribution in [0.2, 0.25) is 0 Å². The molecule has 2 rings (SSSR count). The Balaban J connectivity index is 1.74. The number of morpholine rings is 1. The Morgan fingerprint density at radius 2 is 2.04 bits per heavy atom. The van der Waals surface area contributed by atoms with E-state index in [4.69, 9.17) is 9.47 Å². The van der Waals surface area contributed by atoms with Crippen molar-refractivity contribution in [2.45, 2.75) is 39.1 Å². The number of amides is 2. The molecule has 1 N–H and O–H groups in total. The van der Waals surface area contributed by atoms with Gasteiger partial charge in [-0.05, 0) is 26.3 Å². The fraction of sp³-hybridized carbons (Fsp3) is 0.529. The third-order valence-electron chi connectivity index (χ3n) is 3.52. The SMILES string of the molecule is CC1CN(C(=O)CNC(=O)OCc2ccccc2)CC(C)(C)O1. The molecular weight excluding hydrogens is 296 g/mol. The lowest BCUT2D eigenvalue weighted by Gasteiger charge is -2.41. The second-order valence-corrected chi connectivity index (χ2v) is 6.38. The summed E-state index contributed by atoms with van der Waals surface area (Å²) in [6, 6.07) is 9.39. The molecule has 1 aromatic carbocycles. The summed E-state index contributed by atoms with van der Waals surface area (Å²) < 4.78 is 10.8. The van der Waals surface area contributed by atoms with Crippen molar-refractivity contribution in [3.63, 3.8) is 0 Å². The van der Waals surface area contributed by atoms with E-state index >= 15 is 0 Å². The van der Waals surface area contributed by atoms with Crippen LogP contribution in [0.15, 0.2) is 30.3 Å². The molecule has 0 saturated carbocycles. The Hall–Kier alpha value is -2.08. The van der Waals surface area contributed by atoms with Gasteiger partial charge in [0.15, 0.2) is 0 Å². The highest BCUT2D eigenvalue weighted by atomic mass is 16.5. The van der Waals surface area contributed by atoms with E-state index in [0.717, 1.165) is 5.56 Å². The largest absolute Gasteiger partial charge is 0.445 e. The number of ether oxygens (including phenoxy) is 2. The van der Waals surface area contributed by atoms with E-state index in [1.54, 1.807) is 4.90 Å². The number of hydrogen-bond donors (Lipinski definition) is 1. The summed E-state index contributed by atoms with van der Waals surface area (Å²) in [5, 5.41) is 2.50. The summed E-state index contributed by atoms with van der Waals surface area (Å²) in [7, 11) is 0. The average Bonchev–Trinajstić information content (AvgIpc) is 2.49. The number of carbonyl (C=O) groups excluding carboxylic acids is 2. The molecule has 0 radical (unpaired) electrons. The van der Waals surface area contributed by atoms with Gasteiger partial charge < -0.3 is 19.7 Å². The smallest absolute Gasteiger partial charge is 0.407 e. The minimum atomic E-state index is -0.595. The topological polar surface area (TPSA) is 67.9 Å². The number of alkyl carbamates (subject to hydrolysis) is 1. The highest BCUT2D eigenvalue weighted by Gasteiger charge is 2.33. The summed E-state index contributed by atoms with van der Waals surface area (Å²) in [6.07, 6.45) is -0.615. The molecule has 1 unspecified atom stereocenters. The third-order valence-corrected chi connectivity index (χ3v) is 3.52. The minimum absolute atomic E-state index is 0.0206. The maximum atomic E-state index is 12.2. The Kier molecular flexibility index (Phi) is 5.60. The van der Waals surface area contributed by atoms with Crippen LogP contribution in [-0.4, -0.2) is 48.2 Å². The summed E-state index contributed by atoms with van der Waals surface area (Å²) >= 11 is 0. The molecule has 1 heterocycles. The molecule has 1 aliphatic heterocycles. The number of rotatable bonds is 4. The molecule has 1 fully saturated rings. The van der Waals surface area contributed by atoms with E-state index in [9.17, 15) is 9.59 Å². The lowest BCUT2D eigenvalue weighted by molar-refractivity contribution is -0.157. The van der Waals surface area contributed by atoms with Crippen LogP contribution in [0, 0.1) is 0 Å². The highest BCUT2D eigenvalue weighted by Crippen LogP contribution is 2.20. The van der Waals surface area contributed by atoms with Gasteiger partial charge in [-0.25, -0.2) is 4.79 Å². The van der Waals surface area contributed by atoms with E-state index in [2.05, 4.69) is 5.32 Å². The van der Waals surface area contributed by atoms with Gasteiger partial charge in [0.2, 0.25) is 5.91 Å². The molecule has 6 heteroatoms.